The molecule has 2 heterocycles. The molecule has 0 spiro atoms. The Morgan fingerprint density at radius 1 is 0.610 bits per heavy atom. The van der Waals surface area contributed by atoms with Gasteiger partial charge in [0.2, 0.25) is 0 Å². The van der Waals surface area contributed by atoms with Crippen molar-refractivity contribution in [3.05, 3.63) is 136 Å². The maximum atomic E-state index is 11.4. The fourth-order valence-electron chi connectivity index (χ4n) is 6.14. The molecule has 4 aromatic carbocycles. The number of anilines is 3. The number of ether oxygens (including phenoxy) is 2. The van der Waals surface area contributed by atoms with E-state index in [0.717, 1.165) is 86.3 Å². The van der Waals surface area contributed by atoms with Gasteiger partial charge in [-0.05, 0) is 114 Å². The van der Waals surface area contributed by atoms with Gasteiger partial charge in [-0.2, -0.15) is 10.5 Å². The van der Waals surface area contributed by atoms with Gasteiger partial charge in [0.1, 0.15) is 34.8 Å². The Morgan fingerprint density at radius 3 is 1.47 bits per heavy atom. The first-order chi connectivity index (χ1) is 28.7. The van der Waals surface area contributed by atoms with E-state index in [1.807, 2.05) is 72.8 Å². The lowest BCUT2D eigenvalue weighted by Gasteiger charge is -2.26. The average Bonchev–Trinajstić information content (AvgIpc) is 3.93. The molecule has 6 rings (SSSR count). The normalized spacial score (nSPS) is 11.4. The molecule has 0 aliphatic rings. The predicted octanol–water partition coefficient (Wildman–Crippen LogP) is 12.6. The summed E-state index contributed by atoms with van der Waals surface area (Å²) in [4.78, 5) is 28.1. The van der Waals surface area contributed by atoms with Crippen LogP contribution in [-0.2, 0) is 9.59 Å². The molecule has 0 saturated heterocycles. The van der Waals surface area contributed by atoms with Crippen molar-refractivity contribution in [1.82, 2.24) is 0 Å². The van der Waals surface area contributed by atoms with Gasteiger partial charge in [0, 0.05) is 48.2 Å². The number of carboxylic acid groups (broad SMARTS) is 2. The first-order valence-electron chi connectivity index (χ1n) is 19.1. The van der Waals surface area contributed by atoms with Gasteiger partial charge >= 0.3 is 11.9 Å². The largest absolute Gasteiger partial charge is 0.493 e. The molecule has 0 amide bonds. The summed E-state index contributed by atoms with van der Waals surface area (Å²) >= 11 is 2.81. The summed E-state index contributed by atoms with van der Waals surface area (Å²) in [6, 6.07) is 41.5. The zero-order valence-electron chi connectivity index (χ0n) is 32.6. The van der Waals surface area contributed by atoms with E-state index in [-0.39, 0.29) is 11.1 Å². The first-order valence-corrected chi connectivity index (χ1v) is 20.8. The van der Waals surface area contributed by atoms with Crippen molar-refractivity contribution in [2.45, 2.75) is 39.5 Å². The van der Waals surface area contributed by atoms with E-state index in [2.05, 4.69) is 49.1 Å². The van der Waals surface area contributed by atoms with Gasteiger partial charge in [-0.15, -0.1) is 22.7 Å². The molecule has 0 aliphatic carbocycles. The first kappa shape index (κ1) is 41.7. The SMILES string of the molecule is CCCCOc1ccc(-c2ccc(N(c3ccc(-c4ccc(/C=C(/C#N)C(=O)O)s4)cc3)c3ccc(-c4ccc(/C=C(/C#N)C(=O)O)s4)cc3)cc2)c(OCCCC)c1. The number of nitrogens with zero attached hydrogens (tertiary/aromatic N) is 3. The number of carbonyl (C=O) groups is 2. The van der Waals surface area contributed by atoms with Gasteiger partial charge in [0.15, 0.2) is 0 Å². The number of thiophene rings is 2. The third-order valence-electron chi connectivity index (χ3n) is 9.26. The van der Waals surface area contributed by atoms with Gasteiger partial charge in [-0.25, -0.2) is 9.59 Å². The molecule has 0 fully saturated rings. The molecule has 6 aromatic rings. The van der Waals surface area contributed by atoms with E-state index < -0.39 is 11.9 Å². The van der Waals surface area contributed by atoms with Crippen LogP contribution in [0.5, 0.6) is 11.5 Å². The summed E-state index contributed by atoms with van der Waals surface area (Å²) in [6.45, 7) is 5.54. The second-order valence-corrected chi connectivity index (χ2v) is 15.6. The molecule has 59 heavy (non-hydrogen) atoms. The Hall–Kier alpha value is -6.92. The number of carboxylic acids is 2. The van der Waals surface area contributed by atoms with Crippen LogP contribution < -0.4 is 14.4 Å². The third-order valence-corrected chi connectivity index (χ3v) is 11.4. The molecule has 0 aliphatic heterocycles. The standard InChI is InChI=1S/C48H41N3O6S2/c1-3-5-25-56-40-19-22-43(44(29-40)57-26-6-4-2)32-7-13-37(14-8-32)51(38-15-9-33(10-16-38)45-23-20-41(58-45)27-35(30-49)47(52)53)39-17-11-34(12-18-39)46-24-21-42(59-46)28-36(31-50)48(54)55/h7-24,27-29H,3-6,25-26H2,1-2H3,(H,52,53)(H,54,55)/b35-27-,36-28-. The Kier molecular flexibility index (Phi) is 14.1. The highest BCUT2D eigenvalue weighted by atomic mass is 32.1. The zero-order chi connectivity index (χ0) is 41.7. The monoisotopic (exact) mass is 819 g/mol. The molecule has 0 bridgehead atoms. The van der Waals surface area contributed by atoms with Crippen molar-refractivity contribution in [2.24, 2.45) is 0 Å². The number of hydrogen-bond donors (Lipinski definition) is 2. The van der Waals surface area contributed by atoms with Crippen LogP contribution in [0.2, 0.25) is 0 Å². The fourth-order valence-corrected chi connectivity index (χ4v) is 8.05. The van der Waals surface area contributed by atoms with Crippen LogP contribution in [0.25, 0.3) is 44.2 Å². The fraction of sp³-hybridized carbons (Fsp3) is 0.167. The lowest BCUT2D eigenvalue weighted by Crippen LogP contribution is -2.09. The van der Waals surface area contributed by atoms with E-state index in [4.69, 9.17) is 9.47 Å². The molecule has 9 nitrogen and oxygen atoms in total. The van der Waals surface area contributed by atoms with Gasteiger partial charge in [-0.3, -0.25) is 0 Å². The van der Waals surface area contributed by atoms with Crippen LogP contribution in [0.1, 0.15) is 49.3 Å². The summed E-state index contributed by atoms with van der Waals surface area (Å²) in [5.74, 6) is -0.961. The summed E-state index contributed by atoms with van der Waals surface area (Å²) in [5.41, 5.74) is 5.95. The molecule has 2 aromatic heterocycles. The molecular weight excluding hydrogens is 779 g/mol. The number of nitriles is 2. The van der Waals surface area contributed by atoms with Crippen LogP contribution in [0.15, 0.2) is 126 Å². The highest BCUT2D eigenvalue weighted by Gasteiger charge is 2.17. The lowest BCUT2D eigenvalue weighted by molar-refractivity contribution is -0.133. The topological polar surface area (TPSA) is 144 Å². The van der Waals surface area contributed by atoms with Crippen molar-refractivity contribution in [3.8, 4) is 55.6 Å². The maximum absolute atomic E-state index is 11.4. The Bertz CT molecular complexity index is 2430. The second-order valence-electron chi connectivity index (χ2n) is 13.4. The zero-order valence-corrected chi connectivity index (χ0v) is 34.2. The van der Waals surface area contributed by atoms with Crippen molar-refractivity contribution >= 4 is 63.8 Å². The summed E-state index contributed by atoms with van der Waals surface area (Å²) < 4.78 is 12.3. The van der Waals surface area contributed by atoms with E-state index in [0.29, 0.717) is 23.0 Å². The molecule has 296 valence electrons. The minimum absolute atomic E-state index is 0.321. The van der Waals surface area contributed by atoms with Gasteiger partial charge in [0.25, 0.3) is 0 Å². The van der Waals surface area contributed by atoms with Crippen LogP contribution >= 0.6 is 22.7 Å². The molecular formula is C48H41N3O6S2. The minimum atomic E-state index is -1.26. The van der Waals surface area contributed by atoms with Crippen molar-refractivity contribution in [3.63, 3.8) is 0 Å². The molecule has 0 saturated carbocycles. The maximum Gasteiger partial charge on any atom is 0.346 e. The van der Waals surface area contributed by atoms with Gasteiger partial charge in [0.05, 0.1) is 13.2 Å². The second kappa shape index (κ2) is 20.0. The molecule has 2 N–H and O–H groups in total. The lowest BCUT2D eigenvalue weighted by atomic mass is 10.0. The minimum Gasteiger partial charge on any atom is -0.493 e. The highest BCUT2D eigenvalue weighted by molar-refractivity contribution is 7.16. The van der Waals surface area contributed by atoms with E-state index >= 15 is 0 Å². The van der Waals surface area contributed by atoms with Crippen LogP contribution in [0.4, 0.5) is 17.1 Å². The Labute approximate surface area is 351 Å². The molecule has 11 heteroatoms. The van der Waals surface area contributed by atoms with E-state index in [1.54, 1.807) is 24.3 Å². The van der Waals surface area contributed by atoms with E-state index in [1.165, 1.54) is 34.8 Å². The number of hydrogen-bond acceptors (Lipinski definition) is 9. The number of benzene rings is 4. The number of unbranched alkanes of at least 4 members (excludes halogenated alkanes) is 2. The van der Waals surface area contributed by atoms with Crippen LogP contribution in [0, 0.1) is 22.7 Å². The molecule has 0 unspecified atom stereocenters. The van der Waals surface area contributed by atoms with Crippen molar-refractivity contribution in [1.29, 1.82) is 10.5 Å². The molecule has 0 atom stereocenters. The number of rotatable bonds is 18. The quantitative estimate of drug-likeness (QED) is 0.0492. The van der Waals surface area contributed by atoms with Gasteiger partial charge in [-0.1, -0.05) is 63.1 Å². The predicted molar refractivity (Wildman–Crippen MR) is 236 cm³/mol. The van der Waals surface area contributed by atoms with Crippen LogP contribution in [-0.4, -0.2) is 35.4 Å². The summed E-state index contributed by atoms with van der Waals surface area (Å²) in [7, 11) is 0. The average molecular weight is 820 g/mol. The van der Waals surface area contributed by atoms with Gasteiger partial charge < -0.3 is 24.6 Å². The van der Waals surface area contributed by atoms with E-state index in [9.17, 15) is 30.3 Å². The Balaban J connectivity index is 1.34. The number of aliphatic carboxylic acids is 2. The highest BCUT2D eigenvalue weighted by Crippen LogP contribution is 2.41. The summed E-state index contributed by atoms with van der Waals surface area (Å²) in [6.07, 6.45) is 6.76. The van der Waals surface area contributed by atoms with Crippen LogP contribution in [0.3, 0.4) is 0 Å². The van der Waals surface area contributed by atoms with Crippen molar-refractivity contribution < 1.29 is 29.3 Å². The smallest absolute Gasteiger partial charge is 0.346 e. The van der Waals surface area contributed by atoms with Crippen molar-refractivity contribution in [2.75, 3.05) is 18.1 Å². The summed E-state index contributed by atoms with van der Waals surface area (Å²) in [5, 5.41) is 37.0. The molecule has 0 radical (unpaired) electrons. The third kappa shape index (κ3) is 10.5. The Morgan fingerprint density at radius 2 is 1.05 bits per heavy atom.